The van der Waals surface area contributed by atoms with Gasteiger partial charge < -0.3 is 20.1 Å². The Morgan fingerprint density at radius 3 is 2.82 bits per heavy atom. The molecule has 0 aliphatic rings. The number of hydrogen-bond acceptors (Lipinski definition) is 4. The summed E-state index contributed by atoms with van der Waals surface area (Å²) in [6.45, 7) is 5.15. The smallest absolute Gasteiger partial charge is 0.408 e. The van der Waals surface area contributed by atoms with Crippen LogP contribution in [0.5, 0.6) is 0 Å². The summed E-state index contributed by atoms with van der Waals surface area (Å²) in [7, 11) is 0. The van der Waals surface area contributed by atoms with Gasteiger partial charge in [-0.3, -0.25) is 4.98 Å². The molecule has 1 amide bonds. The quantitative estimate of drug-likeness (QED) is 0.802. The zero-order valence-electron chi connectivity index (χ0n) is 12.7. The highest BCUT2D eigenvalue weighted by atomic mass is 16.6. The normalized spacial score (nSPS) is 12.9. The van der Waals surface area contributed by atoms with Crippen LogP contribution in [0.15, 0.2) is 24.7 Å². The molecule has 7 heteroatoms. The van der Waals surface area contributed by atoms with Crippen molar-refractivity contribution >= 4 is 23.0 Å². The Balaban J connectivity index is 2.12. The van der Waals surface area contributed by atoms with Crippen molar-refractivity contribution in [2.75, 3.05) is 0 Å². The van der Waals surface area contributed by atoms with Gasteiger partial charge in [-0.25, -0.2) is 9.59 Å². The number of amides is 1. The van der Waals surface area contributed by atoms with E-state index in [1.54, 1.807) is 45.4 Å². The number of nitrogens with one attached hydrogen (secondary N) is 2. The van der Waals surface area contributed by atoms with Gasteiger partial charge in [-0.05, 0) is 32.4 Å². The molecular formula is C15H19N3O4. The van der Waals surface area contributed by atoms with Gasteiger partial charge in [0.25, 0.3) is 0 Å². The number of nitrogens with zero attached hydrogens (tertiary/aromatic N) is 1. The number of carbonyl (C=O) groups is 2. The molecule has 1 atom stereocenters. The van der Waals surface area contributed by atoms with Crippen molar-refractivity contribution in [3.05, 3.63) is 30.2 Å². The van der Waals surface area contributed by atoms with Crippen molar-refractivity contribution in [2.24, 2.45) is 0 Å². The molecule has 0 radical (unpaired) electrons. The third-order valence-electron chi connectivity index (χ3n) is 2.98. The average Bonchev–Trinajstić information content (AvgIpc) is 2.79. The van der Waals surface area contributed by atoms with Crippen molar-refractivity contribution < 1.29 is 19.4 Å². The van der Waals surface area contributed by atoms with E-state index in [2.05, 4.69) is 15.3 Å². The molecule has 2 heterocycles. The van der Waals surface area contributed by atoms with Gasteiger partial charge >= 0.3 is 12.1 Å². The van der Waals surface area contributed by atoms with Gasteiger partial charge in [0.2, 0.25) is 0 Å². The summed E-state index contributed by atoms with van der Waals surface area (Å²) >= 11 is 0. The van der Waals surface area contributed by atoms with E-state index in [-0.39, 0.29) is 6.42 Å². The predicted octanol–water partition coefficient (Wildman–Crippen LogP) is 2.08. The minimum atomic E-state index is -1.12. The Morgan fingerprint density at radius 1 is 1.45 bits per heavy atom. The van der Waals surface area contributed by atoms with Crippen LogP contribution in [0.2, 0.25) is 0 Å². The second-order valence-corrected chi connectivity index (χ2v) is 5.98. The fourth-order valence-electron chi connectivity index (χ4n) is 2.07. The lowest BCUT2D eigenvalue weighted by Gasteiger charge is -2.21. The van der Waals surface area contributed by atoms with Gasteiger partial charge in [0, 0.05) is 24.2 Å². The van der Waals surface area contributed by atoms with Crippen molar-refractivity contribution in [2.45, 2.75) is 38.8 Å². The van der Waals surface area contributed by atoms with Crippen molar-refractivity contribution in [1.82, 2.24) is 15.3 Å². The summed E-state index contributed by atoms with van der Waals surface area (Å²) in [6.07, 6.45) is 4.42. The second-order valence-electron chi connectivity index (χ2n) is 5.98. The number of ether oxygens (including phenoxy) is 1. The van der Waals surface area contributed by atoms with Crippen LogP contribution in [0.4, 0.5) is 4.79 Å². The van der Waals surface area contributed by atoms with Crippen LogP contribution in [-0.2, 0) is 16.0 Å². The number of pyridine rings is 1. The molecule has 0 saturated carbocycles. The molecule has 0 unspecified atom stereocenters. The Labute approximate surface area is 127 Å². The summed E-state index contributed by atoms with van der Waals surface area (Å²) in [4.78, 5) is 30.1. The molecule has 0 fully saturated rings. The number of aromatic nitrogens is 2. The Kier molecular flexibility index (Phi) is 4.35. The summed E-state index contributed by atoms with van der Waals surface area (Å²) in [5, 5.41) is 12.6. The summed E-state index contributed by atoms with van der Waals surface area (Å²) in [5.41, 5.74) is 0.930. The number of hydrogen-bond donors (Lipinski definition) is 3. The zero-order chi connectivity index (χ0) is 16.3. The summed E-state index contributed by atoms with van der Waals surface area (Å²) < 4.78 is 5.09. The van der Waals surface area contributed by atoms with Crippen LogP contribution < -0.4 is 5.32 Å². The molecule has 118 valence electrons. The predicted molar refractivity (Wildman–Crippen MR) is 80.6 cm³/mol. The second kappa shape index (κ2) is 6.05. The van der Waals surface area contributed by atoms with Crippen LogP contribution in [0, 0.1) is 0 Å². The lowest BCUT2D eigenvalue weighted by atomic mass is 10.1. The maximum atomic E-state index is 11.8. The number of alkyl carbamates (subject to hydrolysis) is 1. The molecule has 7 nitrogen and oxygen atoms in total. The SMILES string of the molecule is CC(C)(C)OC(=O)N[C@@H](Cc1c[nH]c2cnccc12)C(=O)O. The largest absolute Gasteiger partial charge is 0.480 e. The summed E-state index contributed by atoms with van der Waals surface area (Å²) in [5.74, 6) is -1.12. The van der Waals surface area contributed by atoms with Crippen molar-refractivity contribution in [1.29, 1.82) is 0 Å². The Morgan fingerprint density at radius 2 is 2.18 bits per heavy atom. The van der Waals surface area contributed by atoms with Crippen LogP contribution in [-0.4, -0.2) is 38.8 Å². The van der Waals surface area contributed by atoms with Gasteiger partial charge in [-0.2, -0.15) is 0 Å². The Hall–Kier alpha value is -2.57. The van der Waals surface area contributed by atoms with Crippen LogP contribution in [0.3, 0.4) is 0 Å². The molecule has 3 N–H and O–H groups in total. The van der Waals surface area contributed by atoms with E-state index < -0.39 is 23.7 Å². The minimum absolute atomic E-state index is 0.151. The number of carboxylic acids is 1. The van der Waals surface area contributed by atoms with Crippen molar-refractivity contribution in [3.8, 4) is 0 Å². The molecular weight excluding hydrogens is 286 g/mol. The highest BCUT2D eigenvalue weighted by molar-refractivity contribution is 5.85. The van der Waals surface area contributed by atoms with Crippen molar-refractivity contribution in [3.63, 3.8) is 0 Å². The molecule has 0 spiro atoms. The van der Waals surface area contributed by atoms with E-state index in [4.69, 9.17) is 4.74 Å². The van der Waals surface area contributed by atoms with Crippen LogP contribution >= 0.6 is 0 Å². The highest BCUT2D eigenvalue weighted by Crippen LogP contribution is 2.18. The first-order valence-corrected chi connectivity index (χ1v) is 6.88. The Bertz CT molecular complexity index is 687. The first-order chi connectivity index (χ1) is 10.3. The minimum Gasteiger partial charge on any atom is -0.480 e. The molecule has 2 aromatic heterocycles. The topological polar surface area (TPSA) is 104 Å². The third kappa shape index (κ3) is 3.97. The maximum absolute atomic E-state index is 11.8. The van der Waals surface area contributed by atoms with E-state index in [1.165, 1.54) is 0 Å². The number of rotatable bonds is 4. The molecule has 0 aromatic carbocycles. The monoisotopic (exact) mass is 305 g/mol. The lowest BCUT2D eigenvalue weighted by Crippen LogP contribution is -2.44. The fourth-order valence-corrected chi connectivity index (χ4v) is 2.07. The number of aromatic amines is 1. The molecule has 2 aromatic rings. The fraction of sp³-hybridized carbons (Fsp3) is 0.400. The van der Waals surface area contributed by atoms with Gasteiger partial charge in [-0.15, -0.1) is 0 Å². The molecule has 0 saturated heterocycles. The van der Waals surface area contributed by atoms with Gasteiger partial charge in [0.05, 0.1) is 11.7 Å². The number of carboxylic acid groups (broad SMARTS) is 1. The van der Waals surface area contributed by atoms with E-state index in [1.807, 2.05) is 0 Å². The first kappa shape index (κ1) is 15.8. The van der Waals surface area contributed by atoms with Gasteiger partial charge in [0.1, 0.15) is 11.6 Å². The average molecular weight is 305 g/mol. The standard InChI is InChI=1S/C15H19N3O4/c1-15(2,3)22-14(21)18-11(13(19)20)6-9-7-17-12-8-16-5-4-10(9)12/h4-5,7-8,11,17H,6H2,1-3H3,(H,18,21)(H,19,20)/t11-/m0/s1. The molecule has 0 aliphatic heterocycles. The molecule has 22 heavy (non-hydrogen) atoms. The lowest BCUT2D eigenvalue weighted by molar-refractivity contribution is -0.139. The van der Waals surface area contributed by atoms with Gasteiger partial charge in [0.15, 0.2) is 0 Å². The third-order valence-corrected chi connectivity index (χ3v) is 2.98. The zero-order valence-corrected chi connectivity index (χ0v) is 12.7. The van der Waals surface area contributed by atoms with Crippen LogP contribution in [0.1, 0.15) is 26.3 Å². The first-order valence-electron chi connectivity index (χ1n) is 6.88. The van der Waals surface area contributed by atoms with E-state index >= 15 is 0 Å². The van der Waals surface area contributed by atoms with Crippen LogP contribution in [0.25, 0.3) is 10.9 Å². The number of carbonyl (C=O) groups excluding carboxylic acids is 1. The highest BCUT2D eigenvalue weighted by Gasteiger charge is 2.25. The summed E-state index contributed by atoms with van der Waals surface area (Å²) in [6, 6.07) is 0.732. The number of fused-ring (bicyclic) bond motifs is 1. The number of H-pyrrole nitrogens is 1. The van der Waals surface area contributed by atoms with E-state index in [9.17, 15) is 14.7 Å². The molecule has 0 bridgehead atoms. The molecule has 0 aliphatic carbocycles. The van der Waals surface area contributed by atoms with E-state index in [0.29, 0.717) is 0 Å². The molecule has 2 rings (SSSR count). The maximum Gasteiger partial charge on any atom is 0.408 e. The van der Waals surface area contributed by atoms with E-state index in [0.717, 1.165) is 16.5 Å². The van der Waals surface area contributed by atoms with Gasteiger partial charge in [-0.1, -0.05) is 0 Å². The number of aliphatic carboxylic acids is 1.